The second kappa shape index (κ2) is 14.8. The highest BCUT2D eigenvalue weighted by atomic mass is 15.1. The van der Waals surface area contributed by atoms with E-state index in [0.717, 1.165) is 13.0 Å². The van der Waals surface area contributed by atoms with Crippen LogP contribution in [0.3, 0.4) is 0 Å². The second-order valence-corrected chi connectivity index (χ2v) is 15.7. The van der Waals surface area contributed by atoms with Gasteiger partial charge in [0.05, 0.1) is 11.0 Å². The minimum absolute atomic E-state index is 0.289. The lowest BCUT2D eigenvalue weighted by Crippen LogP contribution is -2.22. The summed E-state index contributed by atoms with van der Waals surface area (Å²) in [6.07, 6.45) is 8.12. The first-order chi connectivity index (χ1) is 29.2. The molecule has 2 heteroatoms. The Morgan fingerprint density at radius 1 is 0.475 bits per heavy atom. The highest BCUT2D eigenvalue weighted by Gasteiger charge is 2.20. The average Bonchev–Trinajstić information content (AvgIpc) is 3.65. The maximum atomic E-state index is 2.48. The summed E-state index contributed by atoms with van der Waals surface area (Å²) in [4.78, 5) is 2.48. The first-order valence-electron chi connectivity index (χ1n) is 20.6. The van der Waals surface area contributed by atoms with Gasteiger partial charge in [0.15, 0.2) is 0 Å². The Hall–Kier alpha value is -7.42. The molecule has 0 bridgehead atoms. The number of hydrogen-bond donors (Lipinski definition) is 0. The van der Waals surface area contributed by atoms with Crippen LogP contribution >= 0.6 is 0 Å². The van der Waals surface area contributed by atoms with E-state index in [0.29, 0.717) is 0 Å². The van der Waals surface area contributed by atoms with Crippen LogP contribution in [0.5, 0.6) is 0 Å². The zero-order chi connectivity index (χ0) is 39.1. The normalized spacial score (nSPS) is 14.0. The lowest BCUT2D eigenvalue weighted by atomic mass is 9.90. The standard InChI is InChI=1S/C57H42N2/c1-2-16-49(17-3-1)59-56-23-9-8-20-54(56)55-38-46(32-37-57(55)59)41-28-33-47(34-29-41)58(48-35-30-45(31-36-48)53-22-11-15-43-13-5-7-19-51(43)53)39-40-24-26-44(27-25-40)52-21-10-14-42-12-4-6-18-50(42)52/h1-28,30-38,41H,29,39H2. The van der Waals surface area contributed by atoms with Gasteiger partial charge in [0.25, 0.3) is 0 Å². The van der Waals surface area contributed by atoms with Gasteiger partial charge in [-0.25, -0.2) is 0 Å². The maximum absolute atomic E-state index is 2.48. The number of aromatic nitrogens is 1. The molecule has 1 aliphatic carbocycles. The van der Waals surface area contributed by atoms with Gasteiger partial charge in [-0.15, -0.1) is 0 Å². The molecular weight excluding hydrogens is 713 g/mol. The van der Waals surface area contributed by atoms with E-state index >= 15 is 0 Å². The molecule has 0 radical (unpaired) electrons. The number of fused-ring (bicyclic) bond motifs is 5. The highest BCUT2D eigenvalue weighted by Crippen LogP contribution is 2.38. The first kappa shape index (κ1) is 34.8. The summed E-state index contributed by atoms with van der Waals surface area (Å²) in [6, 6.07) is 75.3. The summed E-state index contributed by atoms with van der Waals surface area (Å²) in [5.74, 6) is 0.289. The molecule has 0 amide bonds. The molecule has 0 N–H and O–H groups in total. The number of para-hydroxylation sites is 2. The van der Waals surface area contributed by atoms with Crippen molar-refractivity contribution in [3.05, 3.63) is 241 Å². The van der Waals surface area contributed by atoms with Gasteiger partial charge in [0, 0.05) is 40.3 Å². The SMILES string of the molecule is C1=CC(c2ccc3c(c2)c2ccccc2n3-c2ccccc2)CC=C1N(Cc1ccc(-c2cccc3ccccc23)cc1)c1ccc(-c2cccc3ccccc23)cc1. The Morgan fingerprint density at radius 2 is 1.05 bits per heavy atom. The number of anilines is 1. The van der Waals surface area contributed by atoms with Crippen LogP contribution in [0.1, 0.15) is 23.5 Å². The van der Waals surface area contributed by atoms with Crippen molar-refractivity contribution >= 4 is 49.0 Å². The summed E-state index contributed by atoms with van der Waals surface area (Å²) in [6.45, 7) is 0.759. The van der Waals surface area contributed by atoms with Gasteiger partial charge in [-0.1, -0.05) is 176 Å². The summed E-state index contributed by atoms with van der Waals surface area (Å²) >= 11 is 0. The number of rotatable bonds is 8. The van der Waals surface area contributed by atoms with Gasteiger partial charge in [-0.2, -0.15) is 0 Å². The van der Waals surface area contributed by atoms with Crippen molar-refractivity contribution < 1.29 is 0 Å². The Morgan fingerprint density at radius 3 is 1.71 bits per heavy atom. The summed E-state index contributed by atoms with van der Waals surface area (Å²) in [5.41, 5.74) is 13.7. The summed E-state index contributed by atoms with van der Waals surface area (Å²) in [7, 11) is 0. The number of hydrogen-bond acceptors (Lipinski definition) is 1. The highest BCUT2D eigenvalue weighted by molar-refractivity contribution is 6.09. The molecule has 280 valence electrons. The minimum atomic E-state index is 0.289. The molecule has 59 heavy (non-hydrogen) atoms. The Balaban J connectivity index is 0.925. The molecule has 2 nitrogen and oxygen atoms in total. The van der Waals surface area contributed by atoms with Crippen molar-refractivity contribution in [1.82, 2.24) is 4.57 Å². The van der Waals surface area contributed by atoms with Crippen LogP contribution in [-0.4, -0.2) is 4.57 Å². The van der Waals surface area contributed by atoms with Gasteiger partial charge in [0.1, 0.15) is 0 Å². The van der Waals surface area contributed by atoms with Crippen molar-refractivity contribution in [3.8, 4) is 27.9 Å². The van der Waals surface area contributed by atoms with Crippen molar-refractivity contribution in [1.29, 1.82) is 0 Å². The van der Waals surface area contributed by atoms with Gasteiger partial charge < -0.3 is 9.47 Å². The molecule has 0 aliphatic heterocycles. The third-order valence-electron chi connectivity index (χ3n) is 12.2. The van der Waals surface area contributed by atoms with Gasteiger partial charge >= 0.3 is 0 Å². The Labute approximate surface area is 345 Å². The van der Waals surface area contributed by atoms with Crippen molar-refractivity contribution in [2.75, 3.05) is 4.90 Å². The van der Waals surface area contributed by atoms with Gasteiger partial charge in [0.2, 0.25) is 0 Å². The fourth-order valence-electron chi connectivity index (χ4n) is 9.21. The van der Waals surface area contributed by atoms with E-state index in [2.05, 4.69) is 234 Å². The van der Waals surface area contributed by atoms with Crippen molar-refractivity contribution in [2.45, 2.75) is 18.9 Å². The minimum Gasteiger partial charge on any atom is -0.337 e. The zero-order valence-electron chi connectivity index (χ0n) is 32.7. The van der Waals surface area contributed by atoms with Gasteiger partial charge in [-0.3, -0.25) is 0 Å². The van der Waals surface area contributed by atoms with Crippen molar-refractivity contribution in [2.24, 2.45) is 0 Å². The van der Waals surface area contributed by atoms with E-state index in [1.165, 1.54) is 93.8 Å². The van der Waals surface area contributed by atoms with Crippen LogP contribution in [0.4, 0.5) is 5.69 Å². The van der Waals surface area contributed by atoms with E-state index in [9.17, 15) is 0 Å². The predicted octanol–water partition coefficient (Wildman–Crippen LogP) is 15.1. The molecular formula is C57H42N2. The van der Waals surface area contributed by atoms with Crippen LogP contribution in [-0.2, 0) is 6.54 Å². The average molecular weight is 755 g/mol. The maximum Gasteiger partial charge on any atom is 0.0541 e. The van der Waals surface area contributed by atoms with Crippen LogP contribution in [0.2, 0.25) is 0 Å². The van der Waals surface area contributed by atoms with Crippen LogP contribution in [0.15, 0.2) is 230 Å². The molecule has 1 aliphatic rings. The van der Waals surface area contributed by atoms with Crippen LogP contribution in [0, 0.1) is 0 Å². The lowest BCUT2D eigenvalue weighted by Gasteiger charge is -2.29. The third kappa shape index (κ3) is 6.40. The number of allylic oxidation sites excluding steroid dienone is 3. The third-order valence-corrected chi connectivity index (χ3v) is 12.2. The van der Waals surface area contributed by atoms with Gasteiger partial charge in [-0.05, 0) is 110 Å². The van der Waals surface area contributed by atoms with E-state index in [1.807, 2.05) is 0 Å². The van der Waals surface area contributed by atoms with E-state index < -0.39 is 0 Å². The zero-order valence-corrected chi connectivity index (χ0v) is 32.7. The first-order valence-corrected chi connectivity index (χ1v) is 20.6. The largest absolute Gasteiger partial charge is 0.337 e. The lowest BCUT2D eigenvalue weighted by molar-refractivity contribution is 0.822. The van der Waals surface area contributed by atoms with Crippen LogP contribution < -0.4 is 4.90 Å². The summed E-state index contributed by atoms with van der Waals surface area (Å²) in [5, 5.41) is 7.66. The monoisotopic (exact) mass is 754 g/mol. The fraction of sp³-hybridized carbons (Fsp3) is 0.0526. The topological polar surface area (TPSA) is 8.17 Å². The molecule has 0 saturated carbocycles. The fourth-order valence-corrected chi connectivity index (χ4v) is 9.21. The van der Waals surface area contributed by atoms with E-state index in [4.69, 9.17) is 0 Å². The molecule has 1 atom stereocenters. The predicted molar refractivity (Wildman–Crippen MR) is 250 cm³/mol. The molecule has 1 heterocycles. The molecule has 0 spiro atoms. The molecule has 0 saturated heterocycles. The quantitative estimate of drug-likeness (QED) is 0.150. The summed E-state index contributed by atoms with van der Waals surface area (Å²) < 4.78 is 2.39. The second-order valence-electron chi connectivity index (χ2n) is 15.7. The molecule has 9 aromatic carbocycles. The number of nitrogens with zero attached hydrogens (tertiary/aromatic N) is 2. The van der Waals surface area contributed by atoms with E-state index in [-0.39, 0.29) is 5.92 Å². The van der Waals surface area contributed by atoms with Crippen molar-refractivity contribution in [3.63, 3.8) is 0 Å². The molecule has 11 rings (SSSR count). The van der Waals surface area contributed by atoms with E-state index in [1.54, 1.807) is 0 Å². The number of benzene rings is 9. The Bertz CT molecular complexity index is 3190. The molecule has 1 unspecified atom stereocenters. The molecule has 0 fully saturated rings. The Kier molecular flexibility index (Phi) is 8.74. The molecule has 1 aromatic heterocycles. The smallest absolute Gasteiger partial charge is 0.0541 e. The molecule has 10 aromatic rings. The van der Waals surface area contributed by atoms with Crippen LogP contribution in [0.25, 0.3) is 71.3 Å².